The van der Waals surface area contributed by atoms with E-state index in [1.165, 1.54) is 186 Å². The second kappa shape index (κ2) is 56.7. The highest BCUT2D eigenvalue weighted by molar-refractivity contribution is 5.70. The summed E-state index contributed by atoms with van der Waals surface area (Å²) in [6.45, 7) is 4.04. The Labute approximate surface area is 410 Å². The molecule has 1 N–H and O–H groups in total. The Hall–Kier alpha value is -2.66. The van der Waals surface area contributed by atoms with Crippen molar-refractivity contribution in [1.82, 2.24) is 0 Å². The fourth-order valence-electron chi connectivity index (χ4n) is 8.23. The summed E-state index contributed by atoms with van der Waals surface area (Å²) in [7, 11) is 0. The van der Waals surface area contributed by atoms with Crippen molar-refractivity contribution in [2.45, 2.75) is 290 Å². The first kappa shape index (κ1) is 63.3. The SMILES string of the molecule is CC/C=C\C/C=C\C/C=C\C/C=C\CCCCCCCCCCCCCCC(=O)OC(CO)COC(=O)CCCCCCCCCCCCCCCCC/C=C\C/C=C\CCCCCCC. The highest BCUT2D eigenvalue weighted by atomic mass is 16.6. The van der Waals surface area contributed by atoms with Crippen LogP contribution in [0.25, 0.3) is 0 Å². The van der Waals surface area contributed by atoms with E-state index in [9.17, 15) is 14.7 Å². The van der Waals surface area contributed by atoms with Gasteiger partial charge in [0.25, 0.3) is 0 Å². The third kappa shape index (κ3) is 54.0. The van der Waals surface area contributed by atoms with Crippen LogP contribution in [0.1, 0.15) is 284 Å². The molecule has 0 fully saturated rings. The molecule has 0 heterocycles. The minimum Gasteiger partial charge on any atom is -0.462 e. The number of rotatable bonds is 52. The number of carbonyl (C=O) groups excluding carboxylic acids is 2. The van der Waals surface area contributed by atoms with Crippen LogP contribution in [0.15, 0.2) is 72.9 Å². The maximum Gasteiger partial charge on any atom is 0.306 e. The number of hydrogen-bond donors (Lipinski definition) is 1. The quantitative estimate of drug-likeness (QED) is 0.0374. The highest BCUT2D eigenvalue weighted by Gasteiger charge is 2.16. The standard InChI is InChI=1S/C61H108O5/c1-3-5-7-9-11-13-15-17-19-21-23-25-27-29-30-32-33-35-37-39-41-43-45-47-49-51-53-55-60(63)65-58-59(57-62)66-61(64)56-54-52-50-48-46-44-42-40-38-36-34-31-28-26-24-22-20-18-16-14-12-10-8-6-4-2/h6,8,12,14-15,17-18,20-21,23-24,26,59,62H,3-5,7,9-11,13,16,19,22,25,27-58H2,1-2H3/b8-6-,14-12-,17-15-,20-18-,23-21-,26-24-. The van der Waals surface area contributed by atoms with E-state index >= 15 is 0 Å². The van der Waals surface area contributed by atoms with Crippen LogP contribution in [0.4, 0.5) is 0 Å². The average molecular weight is 922 g/mol. The molecule has 382 valence electrons. The van der Waals surface area contributed by atoms with Crippen LogP contribution in [0.5, 0.6) is 0 Å². The summed E-state index contributed by atoms with van der Waals surface area (Å²) in [5.41, 5.74) is 0. The molecule has 0 aromatic rings. The van der Waals surface area contributed by atoms with Crippen LogP contribution in [-0.2, 0) is 19.1 Å². The summed E-state index contributed by atoms with van der Waals surface area (Å²) in [5, 5.41) is 9.66. The Kier molecular flexibility index (Phi) is 54.4. The van der Waals surface area contributed by atoms with Gasteiger partial charge in [0.15, 0.2) is 6.10 Å². The molecule has 5 heteroatoms. The number of carbonyl (C=O) groups is 2. The van der Waals surface area contributed by atoms with E-state index in [1.807, 2.05) is 0 Å². The number of ether oxygens (including phenoxy) is 2. The van der Waals surface area contributed by atoms with E-state index in [0.29, 0.717) is 12.8 Å². The number of esters is 2. The lowest BCUT2D eigenvalue weighted by Crippen LogP contribution is -2.28. The fourth-order valence-corrected chi connectivity index (χ4v) is 8.23. The van der Waals surface area contributed by atoms with Gasteiger partial charge < -0.3 is 14.6 Å². The van der Waals surface area contributed by atoms with E-state index in [0.717, 1.165) is 70.6 Å². The van der Waals surface area contributed by atoms with Gasteiger partial charge in [-0.2, -0.15) is 0 Å². The lowest BCUT2D eigenvalue weighted by Gasteiger charge is -2.15. The van der Waals surface area contributed by atoms with E-state index in [1.54, 1.807) is 0 Å². The Bertz CT molecular complexity index is 1180. The van der Waals surface area contributed by atoms with Gasteiger partial charge in [-0.1, -0.05) is 260 Å². The van der Waals surface area contributed by atoms with Crippen molar-refractivity contribution in [3.05, 3.63) is 72.9 Å². The molecular formula is C61H108O5. The van der Waals surface area contributed by atoms with Crippen molar-refractivity contribution in [2.24, 2.45) is 0 Å². The zero-order valence-corrected chi connectivity index (χ0v) is 43.7. The molecule has 0 amide bonds. The molecule has 66 heavy (non-hydrogen) atoms. The third-order valence-electron chi connectivity index (χ3n) is 12.5. The topological polar surface area (TPSA) is 72.8 Å². The zero-order valence-electron chi connectivity index (χ0n) is 43.7. The monoisotopic (exact) mass is 921 g/mol. The molecule has 0 spiro atoms. The van der Waals surface area contributed by atoms with Crippen LogP contribution >= 0.6 is 0 Å². The van der Waals surface area contributed by atoms with Crippen molar-refractivity contribution in [3.63, 3.8) is 0 Å². The van der Waals surface area contributed by atoms with E-state index in [-0.39, 0.29) is 25.2 Å². The second-order valence-electron chi connectivity index (χ2n) is 19.0. The molecular weight excluding hydrogens is 813 g/mol. The van der Waals surface area contributed by atoms with Gasteiger partial charge in [0.05, 0.1) is 6.61 Å². The molecule has 0 aliphatic carbocycles. The van der Waals surface area contributed by atoms with E-state index < -0.39 is 6.10 Å². The fraction of sp³-hybridized carbons (Fsp3) is 0.770. The largest absolute Gasteiger partial charge is 0.462 e. The molecule has 0 aliphatic rings. The van der Waals surface area contributed by atoms with Gasteiger partial charge in [-0.15, -0.1) is 0 Å². The summed E-state index contributed by atoms with van der Waals surface area (Å²) in [6.07, 6.45) is 77.3. The lowest BCUT2D eigenvalue weighted by atomic mass is 10.0. The first-order chi connectivity index (χ1) is 32.6. The Morgan fingerprint density at radius 3 is 0.985 bits per heavy atom. The predicted molar refractivity (Wildman–Crippen MR) is 288 cm³/mol. The average Bonchev–Trinajstić information content (AvgIpc) is 3.32. The molecule has 0 radical (unpaired) electrons. The Morgan fingerprint density at radius 2 is 0.652 bits per heavy atom. The highest BCUT2D eigenvalue weighted by Crippen LogP contribution is 2.16. The van der Waals surface area contributed by atoms with Crippen LogP contribution in [0.2, 0.25) is 0 Å². The number of aliphatic hydroxyl groups excluding tert-OH is 1. The van der Waals surface area contributed by atoms with Gasteiger partial charge in [0.2, 0.25) is 0 Å². The molecule has 0 aromatic carbocycles. The molecule has 1 atom stereocenters. The molecule has 0 aromatic heterocycles. The van der Waals surface area contributed by atoms with E-state index in [2.05, 4.69) is 86.8 Å². The number of allylic oxidation sites excluding steroid dienone is 12. The molecule has 5 nitrogen and oxygen atoms in total. The van der Waals surface area contributed by atoms with Crippen LogP contribution < -0.4 is 0 Å². The molecule has 0 bridgehead atoms. The number of hydrogen-bond acceptors (Lipinski definition) is 5. The molecule has 0 rings (SSSR count). The first-order valence-electron chi connectivity index (χ1n) is 28.5. The summed E-state index contributed by atoms with van der Waals surface area (Å²) < 4.78 is 10.7. The van der Waals surface area contributed by atoms with Gasteiger partial charge >= 0.3 is 11.9 Å². The van der Waals surface area contributed by atoms with Crippen molar-refractivity contribution in [2.75, 3.05) is 13.2 Å². The van der Waals surface area contributed by atoms with Crippen LogP contribution in [-0.4, -0.2) is 36.4 Å². The van der Waals surface area contributed by atoms with Gasteiger partial charge in [0.1, 0.15) is 6.61 Å². The first-order valence-corrected chi connectivity index (χ1v) is 28.5. The smallest absolute Gasteiger partial charge is 0.306 e. The summed E-state index contributed by atoms with van der Waals surface area (Å²) in [4.78, 5) is 24.5. The predicted octanol–water partition coefficient (Wildman–Crippen LogP) is 19.2. The Balaban J connectivity index is 3.47. The van der Waals surface area contributed by atoms with Gasteiger partial charge in [-0.3, -0.25) is 9.59 Å². The normalized spacial score (nSPS) is 12.7. The maximum atomic E-state index is 12.3. The van der Waals surface area contributed by atoms with Crippen LogP contribution in [0, 0.1) is 0 Å². The number of unbranched alkanes of at least 4 members (excludes halogenated alkanes) is 32. The minimum absolute atomic E-state index is 0.0667. The summed E-state index contributed by atoms with van der Waals surface area (Å²) in [6, 6.07) is 0. The van der Waals surface area contributed by atoms with Gasteiger partial charge in [-0.25, -0.2) is 0 Å². The minimum atomic E-state index is -0.776. The number of aliphatic hydroxyl groups is 1. The molecule has 0 aliphatic heterocycles. The summed E-state index contributed by atoms with van der Waals surface area (Å²) >= 11 is 0. The molecule has 1 unspecified atom stereocenters. The van der Waals surface area contributed by atoms with E-state index in [4.69, 9.17) is 9.47 Å². The lowest BCUT2D eigenvalue weighted by molar-refractivity contribution is -0.161. The van der Waals surface area contributed by atoms with Crippen molar-refractivity contribution in [1.29, 1.82) is 0 Å². The van der Waals surface area contributed by atoms with Gasteiger partial charge in [0, 0.05) is 12.8 Å². The molecule has 0 saturated carbocycles. The van der Waals surface area contributed by atoms with Crippen molar-refractivity contribution >= 4 is 11.9 Å². The summed E-state index contributed by atoms with van der Waals surface area (Å²) in [5.74, 6) is -0.585. The van der Waals surface area contributed by atoms with Crippen LogP contribution in [0.3, 0.4) is 0 Å². The third-order valence-corrected chi connectivity index (χ3v) is 12.5. The van der Waals surface area contributed by atoms with Crippen molar-refractivity contribution < 1.29 is 24.2 Å². The maximum absolute atomic E-state index is 12.3. The molecule has 0 saturated heterocycles. The second-order valence-corrected chi connectivity index (χ2v) is 19.0. The Morgan fingerprint density at radius 1 is 0.364 bits per heavy atom. The van der Waals surface area contributed by atoms with Crippen molar-refractivity contribution in [3.8, 4) is 0 Å². The van der Waals surface area contributed by atoms with Gasteiger partial charge in [-0.05, 0) is 83.5 Å². The zero-order chi connectivity index (χ0) is 47.7.